The first-order valence-corrected chi connectivity index (χ1v) is 8.64. The molecule has 140 valence electrons. The first-order valence-electron chi connectivity index (χ1n) is 8.26. The van der Waals surface area contributed by atoms with Gasteiger partial charge in [0.1, 0.15) is 11.4 Å². The minimum atomic E-state index is -0.422. The summed E-state index contributed by atoms with van der Waals surface area (Å²) in [5.41, 5.74) is 2.50. The zero-order chi connectivity index (χ0) is 20.1. The van der Waals surface area contributed by atoms with Crippen LogP contribution in [0.4, 0.5) is 17.3 Å². The zero-order valence-electron chi connectivity index (χ0n) is 15.2. The van der Waals surface area contributed by atoms with Crippen LogP contribution < -0.4 is 15.4 Å². The Labute approximate surface area is 167 Å². The highest BCUT2D eigenvalue weighted by Gasteiger charge is 2.14. The van der Waals surface area contributed by atoms with E-state index in [4.69, 9.17) is 21.6 Å². The molecule has 0 aliphatic carbocycles. The maximum Gasteiger partial charge on any atom is 0.274 e. The number of nitrogens with one attached hydrogen (secondary N) is 2. The lowest BCUT2D eigenvalue weighted by Gasteiger charge is -2.11. The number of aromatic nitrogens is 2. The molecule has 0 aliphatic rings. The second kappa shape index (κ2) is 8.37. The van der Waals surface area contributed by atoms with Crippen molar-refractivity contribution in [2.24, 2.45) is 0 Å². The lowest BCUT2D eigenvalue weighted by atomic mass is 10.2. The molecule has 8 heteroatoms. The van der Waals surface area contributed by atoms with Crippen LogP contribution in [0.3, 0.4) is 0 Å². The Morgan fingerprint density at radius 3 is 2.57 bits per heavy atom. The van der Waals surface area contributed by atoms with Crippen molar-refractivity contribution in [2.45, 2.75) is 6.92 Å². The van der Waals surface area contributed by atoms with Crippen molar-refractivity contribution >= 4 is 34.8 Å². The van der Waals surface area contributed by atoms with Crippen LogP contribution in [0.2, 0.25) is 5.02 Å². The number of aryl methyl sites for hydroxylation is 1. The van der Waals surface area contributed by atoms with Gasteiger partial charge in [0.05, 0.1) is 24.4 Å². The number of hydrogen-bond donors (Lipinski definition) is 2. The zero-order valence-corrected chi connectivity index (χ0v) is 15.9. The number of rotatable bonds is 5. The van der Waals surface area contributed by atoms with Gasteiger partial charge in [-0.1, -0.05) is 11.6 Å². The van der Waals surface area contributed by atoms with E-state index in [-0.39, 0.29) is 11.6 Å². The number of anilines is 3. The van der Waals surface area contributed by atoms with Crippen molar-refractivity contribution in [1.82, 2.24) is 9.97 Å². The van der Waals surface area contributed by atoms with Crippen LogP contribution in [0.1, 0.15) is 21.7 Å². The SMILES string of the molecule is COc1ccc(Cl)cc1NC(=O)c1cc(C)nc(Nc2ccc(C#N)cc2)n1. The van der Waals surface area contributed by atoms with E-state index in [9.17, 15) is 4.79 Å². The van der Waals surface area contributed by atoms with E-state index in [1.54, 1.807) is 55.5 Å². The minimum Gasteiger partial charge on any atom is -0.495 e. The predicted molar refractivity (Wildman–Crippen MR) is 107 cm³/mol. The van der Waals surface area contributed by atoms with Gasteiger partial charge in [-0.25, -0.2) is 9.97 Å². The van der Waals surface area contributed by atoms with E-state index in [0.717, 1.165) is 0 Å². The molecular weight excluding hydrogens is 378 g/mol. The van der Waals surface area contributed by atoms with E-state index in [1.165, 1.54) is 7.11 Å². The number of ether oxygens (including phenoxy) is 1. The number of nitriles is 1. The number of benzene rings is 2. The van der Waals surface area contributed by atoms with Crippen molar-refractivity contribution in [1.29, 1.82) is 5.26 Å². The van der Waals surface area contributed by atoms with Crippen molar-refractivity contribution in [2.75, 3.05) is 17.7 Å². The average Bonchev–Trinajstić information content (AvgIpc) is 2.68. The van der Waals surface area contributed by atoms with E-state index in [0.29, 0.717) is 33.4 Å². The van der Waals surface area contributed by atoms with E-state index >= 15 is 0 Å². The second-order valence-corrected chi connectivity index (χ2v) is 6.27. The summed E-state index contributed by atoms with van der Waals surface area (Å²) in [7, 11) is 1.51. The standard InChI is InChI=1S/C20H16ClN5O2/c1-12-9-17(19(27)25-16-10-14(21)5-8-18(16)28-2)26-20(23-12)24-15-6-3-13(11-22)4-7-15/h3-10H,1-2H3,(H,25,27)(H,23,24,26). The number of halogens is 1. The maximum atomic E-state index is 12.7. The molecule has 0 atom stereocenters. The molecule has 0 bridgehead atoms. The van der Waals surface area contributed by atoms with Crippen LogP contribution in [0.5, 0.6) is 5.75 Å². The summed E-state index contributed by atoms with van der Waals surface area (Å²) in [6, 6.07) is 15.4. The van der Waals surface area contributed by atoms with Crippen LogP contribution in [0.15, 0.2) is 48.5 Å². The lowest BCUT2D eigenvalue weighted by molar-refractivity contribution is 0.102. The molecule has 3 rings (SSSR count). The number of carbonyl (C=O) groups is 1. The molecule has 28 heavy (non-hydrogen) atoms. The highest BCUT2D eigenvalue weighted by atomic mass is 35.5. The lowest BCUT2D eigenvalue weighted by Crippen LogP contribution is -2.16. The molecule has 0 radical (unpaired) electrons. The molecule has 2 N–H and O–H groups in total. The van der Waals surface area contributed by atoms with Gasteiger partial charge >= 0.3 is 0 Å². The Morgan fingerprint density at radius 2 is 1.89 bits per heavy atom. The highest BCUT2D eigenvalue weighted by Crippen LogP contribution is 2.28. The first kappa shape index (κ1) is 19.1. The van der Waals surface area contributed by atoms with Crippen molar-refractivity contribution in [3.05, 3.63) is 70.5 Å². The number of nitrogens with zero attached hydrogens (tertiary/aromatic N) is 3. The largest absolute Gasteiger partial charge is 0.495 e. The van der Waals surface area contributed by atoms with Gasteiger partial charge < -0.3 is 15.4 Å². The highest BCUT2D eigenvalue weighted by molar-refractivity contribution is 6.31. The smallest absolute Gasteiger partial charge is 0.274 e. The van der Waals surface area contributed by atoms with E-state index < -0.39 is 5.91 Å². The van der Waals surface area contributed by atoms with E-state index in [1.807, 2.05) is 0 Å². The minimum absolute atomic E-state index is 0.186. The van der Waals surface area contributed by atoms with Crippen LogP contribution in [0.25, 0.3) is 0 Å². The molecule has 0 aliphatic heterocycles. The Kier molecular flexibility index (Phi) is 5.72. The number of amides is 1. The summed E-state index contributed by atoms with van der Waals surface area (Å²) in [4.78, 5) is 21.2. The third-order valence-corrected chi connectivity index (χ3v) is 4.00. The number of hydrogen-bond acceptors (Lipinski definition) is 6. The topological polar surface area (TPSA) is 99.9 Å². The molecule has 3 aromatic rings. The Bertz CT molecular complexity index is 1060. The first-order chi connectivity index (χ1) is 13.5. The Hall–Kier alpha value is -3.63. The van der Waals surface area contributed by atoms with Gasteiger partial charge in [-0.15, -0.1) is 0 Å². The third-order valence-electron chi connectivity index (χ3n) is 3.77. The summed E-state index contributed by atoms with van der Waals surface area (Å²) in [6.45, 7) is 1.77. The van der Waals surface area contributed by atoms with Gasteiger partial charge in [-0.05, 0) is 55.5 Å². The van der Waals surface area contributed by atoms with Crippen LogP contribution in [-0.4, -0.2) is 23.0 Å². The summed E-state index contributed by atoms with van der Waals surface area (Å²) in [5.74, 6) is 0.335. The van der Waals surface area contributed by atoms with Gasteiger partial charge in [-0.3, -0.25) is 4.79 Å². The predicted octanol–water partition coefficient (Wildman–Crippen LogP) is 4.31. The molecule has 1 aromatic heterocycles. The van der Waals surface area contributed by atoms with E-state index in [2.05, 4.69) is 26.7 Å². The van der Waals surface area contributed by atoms with Crippen LogP contribution in [0, 0.1) is 18.3 Å². The maximum absolute atomic E-state index is 12.7. The average molecular weight is 394 g/mol. The van der Waals surface area contributed by atoms with Gasteiger partial charge in [0.25, 0.3) is 5.91 Å². The molecule has 1 amide bonds. The number of methoxy groups -OCH3 is 1. The van der Waals surface area contributed by atoms with Gasteiger partial charge in [-0.2, -0.15) is 5.26 Å². The molecule has 0 saturated heterocycles. The molecular formula is C20H16ClN5O2. The summed E-state index contributed by atoms with van der Waals surface area (Å²) in [5, 5.41) is 15.1. The molecule has 0 saturated carbocycles. The van der Waals surface area contributed by atoms with Crippen LogP contribution >= 0.6 is 11.6 Å². The molecule has 0 fully saturated rings. The number of carbonyl (C=O) groups excluding carboxylic acids is 1. The fourth-order valence-corrected chi connectivity index (χ4v) is 2.63. The van der Waals surface area contributed by atoms with Crippen molar-refractivity contribution < 1.29 is 9.53 Å². The van der Waals surface area contributed by atoms with Crippen molar-refractivity contribution in [3.63, 3.8) is 0 Å². The molecule has 7 nitrogen and oxygen atoms in total. The Balaban J connectivity index is 1.83. The molecule has 2 aromatic carbocycles. The second-order valence-electron chi connectivity index (χ2n) is 5.83. The van der Waals surface area contributed by atoms with Gasteiger partial charge in [0.15, 0.2) is 0 Å². The molecule has 0 unspecified atom stereocenters. The molecule has 1 heterocycles. The Morgan fingerprint density at radius 1 is 1.14 bits per heavy atom. The van der Waals surface area contributed by atoms with Gasteiger partial charge in [0.2, 0.25) is 5.95 Å². The summed E-state index contributed by atoms with van der Waals surface area (Å²) < 4.78 is 5.24. The van der Waals surface area contributed by atoms with Gasteiger partial charge in [0, 0.05) is 16.4 Å². The summed E-state index contributed by atoms with van der Waals surface area (Å²) >= 11 is 6.00. The summed E-state index contributed by atoms with van der Waals surface area (Å²) in [6.07, 6.45) is 0. The fraction of sp³-hybridized carbons (Fsp3) is 0.100. The third kappa shape index (κ3) is 4.55. The molecule has 0 spiro atoms. The van der Waals surface area contributed by atoms with Crippen molar-refractivity contribution in [3.8, 4) is 11.8 Å². The monoisotopic (exact) mass is 393 g/mol. The quantitative estimate of drug-likeness (QED) is 0.669. The normalized spacial score (nSPS) is 10.1. The van der Waals surface area contributed by atoms with Crippen LogP contribution in [-0.2, 0) is 0 Å². The fourth-order valence-electron chi connectivity index (χ4n) is 2.46.